The van der Waals surface area contributed by atoms with E-state index in [1.54, 1.807) is 0 Å². The second-order valence-corrected chi connectivity index (χ2v) is 2.62. The van der Waals surface area contributed by atoms with Crippen LogP contribution in [-0.2, 0) is 12.9 Å². The van der Waals surface area contributed by atoms with Crippen LogP contribution in [0.25, 0.3) is 0 Å². The fourth-order valence-electron chi connectivity index (χ4n) is 0.952. The summed E-state index contributed by atoms with van der Waals surface area (Å²) in [4.78, 5) is 0. The second kappa shape index (κ2) is 3.20. The van der Waals surface area contributed by atoms with Gasteiger partial charge in [-0.25, -0.2) is 0 Å². The molecule has 1 heterocycles. The summed E-state index contributed by atoms with van der Waals surface area (Å²) in [6.45, 7) is -2.30. The lowest BCUT2D eigenvalue weighted by Crippen LogP contribution is -2.18. The summed E-state index contributed by atoms with van der Waals surface area (Å²) in [5, 5.41) is 3.75. The maximum Gasteiger partial charge on any atom is 0.482 e. The molecule has 0 N–H and O–H groups in total. The summed E-state index contributed by atoms with van der Waals surface area (Å²) in [7, 11) is 0. The van der Waals surface area contributed by atoms with E-state index >= 15 is 0 Å². The van der Waals surface area contributed by atoms with E-state index in [1.165, 1.54) is 17.1 Å². The lowest BCUT2D eigenvalue weighted by atomic mass is 9.83. The van der Waals surface area contributed by atoms with Crippen molar-refractivity contribution in [1.82, 2.24) is 9.78 Å². The minimum atomic E-state index is -4.73. The summed E-state index contributed by atoms with van der Waals surface area (Å²) < 4.78 is 37.1. The van der Waals surface area contributed by atoms with Gasteiger partial charge in [-0.05, 0) is 12.5 Å². The highest BCUT2D eigenvalue weighted by molar-refractivity contribution is 6.57. The molecule has 0 amide bonds. The van der Waals surface area contributed by atoms with Crippen LogP contribution in [0.5, 0.6) is 0 Å². The van der Waals surface area contributed by atoms with Crippen LogP contribution in [0.15, 0.2) is 12.4 Å². The molecule has 0 unspecified atom stereocenters. The highest BCUT2D eigenvalue weighted by Gasteiger charge is 2.23. The zero-order valence-electron chi connectivity index (χ0n) is 6.67. The van der Waals surface area contributed by atoms with Crippen LogP contribution < -0.4 is 0 Å². The fourth-order valence-corrected chi connectivity index (χ4v) is 0.952. The average molecular weight is 177 g/mol. The molecule has 0 aliphatic heterocycles. The first-order valence-electron chi connectivity index (χ1n) is 3.73. The van der Waals surface area contributed by atoms with Gasteiger partial charge in [-0.2, -0.15) is 5.10 Å². The van der Waals surface area contributed by atoms with Crippen LogP contribution in [0, 0.1) is 0 Å². The van der Waals surface area contributed by atoms with Crippen molar-refractivity contribution >= 4 is 6.98 Å². The predicted molar refractivity (Wildman–Crippen MR) is 40.7 cm³/mol. The number of aryl methyl sites for hydroxylation is 1. The first-order chi connectivity index (χ1) is 5.51. The maximum atomic E-state index is 11.9. The summed E-state index contributed by atoms with van der Waals surface area (Å²) in [5.41, 5.74) is 0.240. The molecule has 12 heavy (non-hydrogen) atoms. The van der Waals surface area contributed by atoms with E-state index in [-0.39, 0.29) is 5.56 Å². The molecule has 0 bridgehead atoms. The minimum absolute atomic E-state index is 0.240. The third-order valence-corrected chi connectivity index (χ3v) is 1.48. The number of hydrogen-bond donors (Lipinski definition) is 0. The van der Waals surface area contributed by atoms with Gasteiger partial charge in [0.25, 0.3) is 0 Å². The molecule has 6 heteroatoms. The molecule has 1 aromatic rings. The molecule has 2 nitrogen and oxygen atoms in total. The molecule has 0 saturated carbocycles. The highest BCUT2D eigenvalue weighted by Crippen LogP contribution is 2.15. The first kappa shape index (κ1) is 9.16. The number of nitrogens with zero attached hydrogens (tertiary/aromatic N) is 2. The van der Waals surface area contributed by atoms with E-state index in [2.05, 4.69) is 5.10 Å². The zero-order valence-corrected chi connectivity index (χ0v) is 6.67. The molecule has 1 rings (SSSR count). The lowest BCUT2D eigenvalue weighted by molar-refractivity contribution is 0.468. The highest BCUT2D eigenvalue weighted by atomic mass is 19.4. The van der Waals surface area contributed by atoms with Crippen molar-refractivity contribution in [3.05, 3.63) is 18.0 Å². The maximum absolute atomic E-state index is 11.9. The smallest absolute Gasteiger partial charge is 0.449 e. The molecule has 1 aromatic heterocycles. The summed E-state index contributed by atoms with van der Waals surface area (Å²) >= 11 is 0. The third-order valence-electron chi connectivity index (χ3n) is 1.48. The molecule has 0 saturated heterocycles. The number of halogens is 3. The Morgan fingerprint density at radius 1 is 1.50 bits per heavy atom. The van der Waals surface area contributed by atoms with Crippen LogP contribution in [0.1, 0.15) is 12.5 Å². The van der Waals surface area contributed by atoms with Crippen molar-refractivity contribution in [2.24, 2.45) is 0 Å². The van der Waals surface area contributed by atoms with E-state index in [9.17, 15) is 12.9 Å². The number of rotatable bonds is 3. The van der Waals surface area contributed by atoms with E-state index in [0.29, 0.717) is 6.54 Å². The normalized spacial score (nSPS) is 12.0. The van der Waals surface area contributed by atoms with Gasteiger partial charge in [-0.15, -0.1) is 0 Å². The Bertz CT molecular complexity index is 256. The Kier molecular flexibility index (Phi) is 2.44. The van der Waals surface area contributed by atoms with Crippen molar-refractivity contribution in [3.63, 3.8) is 0 Å². The summed E-state index contributed by atoms with van der Waals surface area (Å²) in [6, 6.07) is 0. The van der Waals surface area contributed by atoms with Crippen LogP contribution >= 0.6 is 0 Å². The number of aromatic nitrogens is 2. The SMILES string of the molecule is CCn1cc(C[B-](F)(F)F)cn1. The van der Waals surface area contributed by atoms with Crippen LogP contribution in [0.2, 0.25) is 0 Å². The molecule has 0 aliphatic carbocycles. The lowest BCUT2D eigenvalue weighted by Gasteiger charge is -2.10. The van der Waals surface area contributed by atoms with Crippen molar-refractivity contribution in [3.8, 4) is 0 Å². The van der Waals surface area contributed by atoms with Crippen LogP contribution in [-0.4, -0.2) is 16.8 Å². The largest absolute Gasteiger partial charge is 0.482 e. The van der Waals surface area contributed by atoms with Gasteiger partial charge in [0.1, 0.15) is 0 Å². The quantitative estimate of drug-likeness (QED) is 0.644. The van der Waals surface area contributed by atoms with Gasteiger partial charge in [-0.3, -0.25) is 4.68 Å². The molecule has 0 atom stereocenters. The second-order valence-electron chi connectivity index (χ2n) is 2.62. The van der Waals surface area contributed by atoms with Crippen molar-refractivity contribution in [2.75, 3.05) is 0 Å². The monoisotopic (exact) mass is 177 g/mol. The van der Waals surface area contributed by atoms with Gasteiger partial charge >= 0.3 is 6.98 Å². The van der Waals surface area contributed by atoms with Crippen molar-refractivity contribution in [2.45, 2.75) is 19.8 Å². The van der Waals surface area contributed by atoms with Gasteiger partial charge < -0.3 is 12.9 Å². The molecule has 0 spiro atoms. The molecule has 0 radical (unpaired) electrons. The Morgan fingerprint density at radius 3 is 2.58 bits per heavy atom. The van der Waals surface area contributed by atoms with Crippen LogP contribution in [0.3, 0.4) is 0 Å². The molecule has 0 aliphatic rings. The topological polar surface area (TPSA) is 17.8 Å². The van der Waals surface area contributed by atoms with Crippen LogP contribution in [0.4, 0.5) is 12.9 Å². The average Bonchev–Trinajstić information content (AvgIpc) is 2.32. The summed E-state index contributed by atoms with van der Waals surface area (Å²) in [5.74, 6) is 0. The third kappa shape index (κ3) is 2.60. The standard InChI is InChI=1S/C6H9BF3N2/c1-2-12-5-6(4-11-12)3-7(8,9)10/h4-5H,2-3H2,1H3/q-1. The van der Waals surface area contributed by atoms with Crippen molar-refractivity contribution in [1.29, 1.82) is 0 Å². The Hall–Kier alpha value is -0.935. The minimum Gasteiger partial charge on any atom is -0.449 e. The first-order valence-corrected chi connectivity index (χ1v) is 3.73. The van der Waals surface area contributed by atoms with Gasteiger partial charge in [0.2, 0.25) is 0 Å². The molecular weight excluding hydrogens is 168 g/mol. The fraction of sp³-hybridized carbons (Fsp3) is 0.500. The van der Waals surface area contributed by atoms with E-state index < -0.39 is 13.3 Å². The van der Waals surface area contributed by atoms with E-state index in [1.807, 2.05) is 6.92 Å². The number of hydrogen-bond acceptors (Lipinski definition) is 1. The van der Waals surface area contributed by atoms with Gasteiger partial charge in [0.15, 0.2) is 0 Å². The molecule has 68 valence electrons. The van der Waals surface area contributed by atoms with Gasteiger partial charge in [-0.1, -0.05) is 6.32 Å². The van der Waals surface area contributed by atoms with E-state index in [0.717, 1.165) is 0 Å². The molecule has 0 fully saturated rings. The Balaban J connectivity index is 2.64. The van der Waals surface area contributed by atoms with Gasteiger partial charge in [0, 0.05) is 18.9 Å². The van der Waals surface area contributed by atoms with Gasteiger partial charge in [0.05, 0.1) is 0 Å². The van der Waals surface area contributed by atoms with Crippen molar-refractivity contribution < 1.29 is 12.9 Å². The summed E-state index contributed by atoms with van der Waals surface area (Å²) in [6.07, 6.45) is 1.86. The Labute approximate surface area is 68.4 Å². The molecular formula is C6H9BF3N2-. The molecule has 0 aromatic carbocycles. The Morgan fingerprint density at radius 2 is 2.17 bits per heavy atom. The van der Waals surface area contributed by atoms with E-state index in [4.69, 9.17) is 0 Å². The predicted octanol–water partition coefficient (Wildman–Crippen LogP) is 1.83. The zero-order chi connectivity index (χ0) is 9.19.